The summed E-state index contributed by atoms with van der Waals surface area (Å²) in [5.74, 6) is -0.646. The summed E-state index contributed by atoms with van der Waals surface area (Å²) in [5.41, 5.74) is 6.80. The molecule has 0 spiro atoms. The van der Waals surface area contributed by atoms with Gasteiger partial charge in [0.2, 0.25) is 0 Å². The Bertz CT molecular complexity index is 1240. The van der Waals surface area contributed by atoms with Crippen molar-refractivity contribution in [2.24, 2.45) is 10.8 Å². The van der Waals surface area contributed by atoms with Crippen LogP contribution < -0.4 is 16.0 Å². The molecule has 47 heavy (non-hydrogen) atoms. The molecule has 0 saturated heterocycles. The van der Waals surface area contributed by atoms with Gasteiger partial charge in [-0.05, 0) is 114 Å². The average molecular weight is 647 g/mol. The molecule has 4 atom stereocenters. The van der Waals surface area contributed by atoms with Crippen LogP contribution in [0.1, 0.15) is 147 Å². The van der Waals surface area contributed by atoms with Crippen molar-refractivity contribution >= 4 is 0 Å². The zero-order chi connectivity index (χ0) is 35.1. The van der Waals surface area contributed by atoms with Gasteiger partial charge in [-0.2, -0.15) is 0 Å². The van der Waals surface area contributed by atoms with Gasteiger partial charge in [-0.1, -0.05) is 129 Å². The molecule has 3 aliphatic carbocycles. The largest absolute Gasteiger partial charge is 0.303 e. The fraction of sp³-hybridized carbons (Fsp3) is 0.721. The monoisotopic (exact) mass is 647 g/mol. The van der Waals surface area contributed by atoms with Crippen LogP contribution in [0.15, 0.2) is 70.4 Å². The Morgan fingerprint density at radius 3 is 1.87 bits per heavy atom. The third-order valence-electron chi connectivity index (χ3n) is 12.1. The molecule has 0 heterocycles. The van der Waals surface area contributed by atoms with Gasteiger partial charge >= 0.3 is 0 Å². The Morgan fingerprint density at radius 1 is 0.809 bits per heavy atom. The molecule has 0 bridgehead atoms. The quantitative estimate of drug-likeness (QED) is 0.0909. The minimum Gasteiger partial charge on any atom is -0.303 e. The van der Waals surface area contributed by atoms with Gasteiger partial charge in [0.25, 0.3) is 0 Å². The Kier molecular flexibility index (Phi) is 13.8. The summed E-state index contributed by atoms with van der Waals surface area (Å²) < 4.78 is 0. The number of hydrogen-bond donors (Lipinski definition) is 3. The predicted molar refractivity (Wildman–Crippen MR) is 208 cm³/mol. The Balaban J connectivity index is 2.65. The van der Waals surface area contributed by atoms with Crippen molar-refractivity contribution in [3.63, 3.8) is 0 Å². The second-order valence-corrected chi connectivity index (χ2v) is 15.8. The average Bonchev–Trinajstić information content (AvgIpc) is 3.82. The standard InChI is InChI=1S/C43H74N4/c1-14-20-32-46-42(36-27-23-24-28-36,41(18-5,39(9,10)11)35-25-21-22-26-35)43(44-13,45-19-6)47(33(7)8)40(12,31-15-2)38-30-29-34(16-3)37(38)17-4/h21-25,27,30,33,44-46H,14-20,26,28-29,31-32H2,1-13H3. The van der Waals surface area contributed by atoms with E-state index in [1.54, 1.807) is 22.3 Å². The van der Waals surface area contributed by atoms with E-state index in [0.29, 0.717) is 0 Å². The molecule has 0 aromatic rings. The van der Waals surface area contributed by atoms with Gasteiger partial charge in [0.05, 0.1) is 5.54 Å². The third kappa shape index (κ3) is 6.51. The number of likely N-dealkylation sites (N-methyl/N-ethyl adjacent to an activating group) is 2. The van der Waals surface area contributed by atoms with Crippen molar-refractivity contribution in [3.05, 3.63) is 70.4 Å². The molecule has 0 aromatic heterocycles. The van der Waals surface area contributed by atoms with Crippen molar-refractivity contribution in [1.82, 2.24) is 20.9 Å². The lowest BCUT2D eigenvalue weighted by molar-refractivity contribution is -0.160. The van der Waals surface area contributed by atoms with Crippen LogP contribution in [0.5, 0.6) is 0 Å². The van der Waals surface area contributed by atoms with E-state index in [1.807, 2.05) is 0 Å². The van der Waals surface area contributed by atoms with Gasteiger partial charge in [-0.3, -0.25) is 15.5 Å². The maximum absolute atomic E-state index is 4.54. The van der Waals surface area contributed by atoms with Crippen LogP contribution >= 0.6 is 0 Å². The van der Waals surface area contributed by atoms with Crippen LogP contribution in [0.4, 0.5) is 0 Å². The SMILES string of the molecule is CCCCNC(C1=CC=CC1)(C(NC)(NCC)N(C(C)C)C(C)(CCC)C1=CCC(CC)=C1CC)C(CC)(C1=CC=CC1)C(C)(C)C. The molecule has 3 rings (SSSR count). The topological polar surface area (TPSA) is 39.3 Å². The molecule has 4 unspecified atom stereocenters. The third-order valence-corrected chi connectivity index (χ3v) is 12.1. The maximum Gasteiger partial charge on any atom is 0.150 e. The number of unbranched alkanes of at least 4 members (excludes halogenated alkanes) is 1. The second kappa shape index (κ2) is 16.3. The minimum atomic E-state index is -0.646. The number of nitrogens with zero attached hydrogens (tertiary/aromatic N) is 1. The Labute approximate surface area is 291 Å². The summed E-state index contributed by atoms with van der Waals surface area (Å²) >= 11 is 0. The number of hydrogen-bond acceptors (Lipinski definition) is 4. The lowest BCUT2D eigenvalue weighted by Crippen LogP contribution is -2.90. The number of nitrogens with one attached hydrogen (secondary N) is 3. The zero-order valence-corrected chi connectivity index (χ0v) is 33.1. The van der Waals surface area contributed by atoms with Gasteiger partial charge in [0.15, 0.2) is 5.79 Å². The molecule has 4 nitrogen and oxygen atoms in total. The molecular weight excluding hydrogens is 573 g/mol. The fourth-order valence-electron chi connectivity index (χ4n) is 10.7. The maximum atomic E-state index is 4.54. The first kappa shape index (κ1) is 39.7. The number of allylic oxidation sites excluding steroid dienone is 8. The highest BCUT2D eigenvalue weighted by Crippen LogP contribution is 2.64. The van der Waals surface area contributed by atoms with E-state index in [-0.39, 0.29) is 22.4 Å². The van der Waals surface area contributed by atoms with Crippen molar-refractivity contribution in [3.8, 4) is 0 Å². The van der Waals surface area contributed by atoms with E-state index in [2.05, 4.69) is 154 Å². The summed E-state index contributed by atoms with van der Waals surface area (Å²) in [6.07, 6.45) is 27.7. The van der Waals surface area contributed by atoms with E-state index in [9.17, 15) is 0 Å². The van der Waals surface area contributed by atoms with Crippen LogP contribution in [-0.4, -0.2) is 47.9 Å². The van der Waals surface area contributed by atoms with Crippen molar-refractivity contribution in [2.45, 2.75) is 170 Å². The van der Waals surface area contributed by atoms with Gasteiger partial charge in [-0.15, -0.1) is 0 Å². The molecule has 266 valence electrons. The molecule has 0 aliphatic heterocycles. The summed E-state index contributed by atoms with van der Waals surface area (Å²) in [6, 6.07) is 0.246. The molecule has 0 fully saturated rings. The summed E-state index contributed by atoms with van der Waals surface area (Å²) in [5, 5.41) is 13.1. The van der Waals surface area contributed by atoms with Crippen molar-refractivity contribution < 1.29 is 0 Å². The predicted octanol–water partition coefficient (Wildman–Crippen LogP) is 10.5. The highest BCUT2D eigenvalue weighted by molar-refractivity contribution is 5.52. The summed E-state index contributed by atoms with van der Waals surface area (Å²) in [7, 11) is 2.24. The highest BCUT2D eigenvalue weighted by atomic mass is 15.5. The van der Waals surface area contributed by atoms with Gasteiger partial charge in [0, 0.05) is 17.0 Å². The lowest BCUT2D eigenvalue weighted by Gasteiger charge is -2.71. The molecule has 0 radical (unpaired) electrons. The van der Waals surface area contributed by atoms with Crippen molar-refractivity contribution in [1.29, 1.82) is 0 Å². The molecule has 0 aromatic carbocycles. The molecule has 3 aliphatic rings. The van der Waals surface area contributed by atoms with Crippen LogP contribution in [0.2, 0.25) is 0 Å². The second-order valence-electron chi connectivity index (χ2n) is 15.8. The smallest absolute Gasteiger partial charge is 0.150 e. The molecule has 0 amide bonds. The fourth-order valence-corrected chi connectivity index (χ4v) is 10.7. The van der Waals surface area contributed by atoms with Crippen molar-refractivity contribution in [2.75, 3.05) is 20.1 Å². The summed E-state index contributed by atoms with van der Waals surface area (Å²) in [4.78, 5) is 2.93. The minimum absolute atomic E-state index is 0.0694. The normalized spacial score (nSPS) is 22.0. The van der Waals surface area contributed by atoms with E-state index in [4.69, 9.17) is 0 Å². The van der Waals surface area contributed by atoms with E-state index < -0.39 is 11.3 Å². The van der Waals surface area contributed by atoms with Crippen LogP contribution in [0, 0.1) is 10.8 Å². The first-order chi connectivity index (χ1) is 22.3. The van der Waals surface area contributed by atoms with Crippen LogP contribution in [0.25, 0.3) is 0 Å². The van der Waals surface area contributed by atoms with Gasteiger partial charge in [-0.25, -0.2) is 0 Å². The van der Waals surface area contributed by atoms with E-state index in [1.165, 1.54) is 5.57 Å². The summed E-state index contributed by atoms with van der Waals surface area (Å²) in [6.45, 7) is 31.0. The van der Waals surface area contributed by atoms with E-state index >= 15 is 0 Å². The lowest BCUT2D eigenvalue weighted by atomic mass is 9.46. The molecule has 3 N–H and O–H groups in total. The van der Waals surface area contributed by atoms with Crippen LogP contribution in [-0.2, 0) is 0 Å². The molecule has 4 heteroatoms. The Morgan fingerprint density at radius 2 is 1.45 bits per heavy atom. The zero-order valence-electron chi connectivity index (χ0n) is 33.1. The van der Waals surface area contributed by atoms with Gasteiger partial charge in [0.1, 0.15) is 0 Å². The number of rotatable bonds is 20. The van der Waals surface area contributed by atoms with Gasteiger partial charge < -0.3 is 5.32 Å². The highest BCUT2D eigenvalue weighted by Gasteiger charge is 2.71. The van der Waals surface area contributed by atoms with E-state index in [0.717, 1.165) is 77.3 Å². The molecule has 0 saturated carbocycles. The first-order valence-electron chi connectivity index (χ1n) is 19.5. The first-order valence-corrected chi connectivity index (χ1v) is 19.5. The molecular formula is C43H74N4. The Hall–Kier alpha value is -1.72. The van der Waals surface area contributed by atoms with Crippen LogP contribution in [0.3, 0.4) is 0 Å².